The summed E-state index contributed by atoms with van der Waals surface area (Å²) in [6, 6.07) is 0. The van der Waals surface area contributed by atoms with E-state index in [1.165, 1.54) is 0 Å². The van der Waals surface area contributed by atoms with Gasteiger partial charge in [0.2, 0.25) is 0 Å². The molecule has 0 bridgehead atoms. The second-order valence-electron chi connectivity index (χ2n) is 5.13. The van der Waals surface area contributed by atoms with Crippen molar-refractivity contribution in [3.63, 3.8) is 0 Å². The maximum absolute atomic E-state index is 9.95. The fraction of sp³-hybridized carbons (Fsp3) is 1.00. The Kier molecular flexibility index (Phi) is 4.56. The van der Waals surface area contributed by atoms with Gasteiger partial charge >= 0.3 is 0 Å². The van der Waals surface area contributed by atoms with Crippen LogP contribution in [-0.2, 0) is 9.47 Å². The molecule has 1 N–H and O–H groups in total. The topological polar surface area (TPSA) is 38.7 Å². The van der Waals surface area contributed by atoms with Crippen LogP contribution in [0.5, 0.6) is 0 Å². The minimum absolute atomic E-state index is 0.0349. The van der Waals surface area contributed by atoms with Gasteiger partial charge in [-0.25, -0.2) is 0 Å². The molecule has 90 valence electrons. The number of rotatable bonds is 5. The van der Waals surface area contributed by atoms with E-state index in [9.17, 15) is 5.11 Å². The van der Waals surface area contributed by atoms with Crippen molar-refractivity contribution in [2.45, 2.75) is 70.4 Å². The molecule has 1 rings (SSSR count). The lowest BCUT2D eigenvalue weighted by Crippen LogP contribution is -2.30. The largest absolute Gasteiger partial charge is 0.390 e. The zero-order valence-electron chi connectivity index (χ0n) is 10.3. The van der Waals surface area contributed by atoms with Crippen LogP contribution in [0.25, 0.3) is 0 Å². The van der Waals surface area contributed by atoms with Gasteiger partial charge in [-0.1, -0.05) is 0 Å². The Morgan fingerprint density at radius 1 is 1.47 bits per heavy atom. The van der Waals surface area contributed by atoms with E-state index in [0.717, 1.165) is 25.7 Å². The van der Waals surface area contributed by atoms with E-state index in [1.807, 2.05) is 13.8 Å². The summed E-state index contributed by atoms with van der Waals surface area (Å²) in [7, 11) is 1.71. The monoisotopic (exact) mass is 216 g/mol. The molecule has 1 fully saturated rings. The van der Waals surface area contributed by atoms with E-state index in [1.54, 1.807) is 7.11 Å². The molecule has 1 saturated heterocycles. The summed E-state index contributed by atoms with van der Waals surface area (Å²) in [5, 5.41) is 9.95. The Balaban J connectivity index is 2.27. The van der Waals surface area contributed by atoms with Crippen LogP contribution in [0.2, 0.25) is 0 Å². The Labute approximate surface area is 92.8 Å². The predicted molar refractivity (Wildman–Crippen MR) is 59.9 cm³/mol. The van der Waals surface area contributed by atoms with Gasteiger partial charge in [0.05, 0.1) is 23.9 Å². The number of methoxy groups -OCH3 is 1. The van der Waals surface area contributed by atoms with E-state index in [2.05, 4.69) is 6.92 Å². The molecule has 0 saturated carbocycles. The van der Waals surface area contributed by atoms with Gasteiger partial charge in [-0.15, -0.1) is 0 Å². The van der Waals surface area contributed by atoms with E-state index < -0.39 is 0 Å². The van der Waals surface area contributed by atoms with Crippen LogP contribution < -0.4 is 0 Å². The Morgan fingerprint density at radius 2 is 2.13 bits per heavy atom. The maximum atomic E-state index is 9.95. The SMILES string of the molecule is COC(C)(C)CCC(O)C1CCC(C)O1. The van der Waals surface area contributed by atoms with Crippen molar-refractivity contribution in [2.24, 2.45) is 0 Å². The lowest BCUT2D eigenvalue weighted by Gasteiger charge is -2.26. The first-order chi connectivity index (χ1) is 6.94. The highest BCUT2D eigenvalue weighted by atomic mass is 16.5. The molecule has 15 heavy (non-hydrogen) atoms. The van der Waals surface area contributed by atoms with Gasteiger partial charge in [-0.2, -0.15) is 0 Å². The molecule has 1 aliphatic rings. The summed E-state index contributed by atoms with van der Waals surface area (Å²) in [6.45, 7) is 6.14. The Morgan fingerprint density at radius 3 is 2.60 bits per heavy atom. The van der Waals surface area contributed by atoms with Crippen LogP contribution in [0.15, 0.2) is 0 Å². The number of ether oxygens (including phenoxy) is 2. The minimum Gasteiger partial charge on any atom is -0.390 e. The first-order valence-corrected chi connectivity index (χ1v) is 5.83. The lowest BCUT2D eigenvalue weighted by molar-refractivity contribution is -0.0479. The molecular formula is C12H24O3. The number of aliphatic hydroxyl groups is 1. The van der Waals surface area contributed by atoms with Crippen LogP contribution in [0.3, 0.4) is 0 Å². The molecule has 3 unspecified atom stereocenters. The summed E-state index contributed by atoms with van der Waals surface area (Å²) in [5.74, 6) is 0. The zero-order valence-corrected chi connectivity index (χ0v) is 10.3. The normalized spacial score (nSPS) is 29.4. The first kappa shape index (κ1) is 12.9. The molecule has 0 radical (unpaired) electrons. The van der Waals surface area contributed by atoms with Gasteiger partial charge in [-0.3, -0.25) is 0 Å². The van der Waals surface area contributed by atoms with Crippen LogP contribution >= 0.6 is 0 Å². The molecule has 3 atom stereocenters. The minimum atomic E-state index is -0.343. The molecule has 0 aliphatic carbocycles. The molecule has 0 spiro atoms. The fourth-order valence-electron chi connectivity index (χ4n) is 1.90. The van der Waals surface area contributed by atoms with E-state index in [0.29, 0.717) is 6.10 Å². The highest BCUT2D eigenvalue weighted by Gasteiger charge is 2.29. The quantitative estimate of drug-likeness (QED) is 0.765. The van der Waals surface area contributed by atoms with E-state index >= 15 is 0 Å². The molecular weight excluding hydrogens is 192 g/mol. The van der Waals surface area contributed by atoms with Crippen LogP contribution in [-0.4, -0.2) is 36.1 Å². The van der Waals surface area contributed by atoms with Gasteiger partial charge in [0.1, 0.15) is 0 Å². The van der Waals surface area contributed by atoms with Gasteiger partial charge in [0.25, 0.3) is 0 Å². The number of hydrogen-bond acceptors (Lipinski definition) is 3. The summed E-state index contributed by atoms with van der Waals surface area (Å²) >= 11 is 0. The first-order valence-electron chi connectivity index (χ1n) is 5.83. The van der Waals surface area contributed by atoms with E-state index in [4.69, 9.17) is 9.47 Å². The smallest absolute Gasteiger partial charge is 0.0838 e. The summed E-state index contributed by atoms with van der Waals surface area (Å²) in [4.78, 5) is 0. The summed E-state index contributed by atoms with van der Waals surface area (Å²) < 4.78 is 11.0. The Hall–Kier alpha value is -0.120. The highest BCUT2D eigenvalue weighted by Crippen LogP contribution is 2.25. The second kappa shape index (κ2) is 5.28. The molecule has 0 amide bonds. The zero-order chi connectivity index (χ0) is 11.5. The predicted octanol–water partition coefficient (Wildman–Crippen LogP) is 2.12. The average Bonchev–Trinajstić information content (AvgIpc) is 2.61. The molecule has 0 aromatic carbocycles. The van der Waals surface area contributed by atoms with Gasteiger partial charge in [-0.05, 0) is 46.5 Å². The van der Waals surface area contributed by atoms with Crippen molar-refractivity contribution in [1.82, 2.24) is 0 Å². The van der Waals surface area contributed by atoms with Crippen molar-refractivity contribution in [1.29, 1.82) is 0 Å². The van der Waals surface area contributed by atoms with Crippen molar-refractivity contribution in [3.8, 4) is 0 Å². The van der Waals surface area contributed by atoms with E-state index in [-0.39, 0.29) is 17.8 Å². The van der Waals surface area contributed by atoms with Crippen LogP contribution in [0.4, 0.5) is 0 Å². The van der Waals surface area contributed by atoms with Crippen molar-refractivity contribution >= 4 is 0 Å². The van der Waals surface area contributed by atoms with Crippen molar-refractivity contribution in [2.75, 3.05) is 7.11 Å². The van der Waals surface area contributed by atoms with Gasteiger partial charge < -0.3 is 14.6 Å². The molecule has 3 nitrogen and oxygen atoms in total. The molecule has 1 aliphatic heterocycles. The highest BCUT2D eigenvalue weighted by molar-refractivity contribution is 4.79. The molecule has 0 aromatic rings. The third kappa shape index (κ3) is 4.09. The number of aliphatic hydroxyl groups excluding tert-OH is 1. The maximum Gasteiger partial charge on any atom is 0.0838 e. The third-order valence-electron chi connectivity index (χ3n) is 3.29. The standard InChI is InChI=1S/C12H24O3/c1-9-5-6-11(15-9)10(13)7-8-12(2,3)14-4/h9-11,13H,5-8H2,1-4H3. The molecule has 1 heterocycles. The Bertz CT molecular complexity index is 191. The van der Waals surface area contributed by atoms with Crippen LogP contribution in [0.1, 0.15) is 46.5 Å². The van der Waals surface area contributed by atoms with Crippen molar-refractivity contribution < 1.29 is 14.6 Å². The second-order valence-corrected chi connectivity index (χ2v) is 5.13. The fourth-order valence-corrected chi connectivity index (χ4v) is 1.90. The third-order valence-corrected chi connectivity index (χ3v) is 3.29. The average molecular weight is 216 g/mol. The summed E-state index contributed by atoms with van der Waals surface area (Å²) in [6.07, 6.45) is 3.65. The van der Waals surface area contributed by atoms with Gasteiger partial charge in [0.15, 0.2) is 0 Å². The van der Waals surface area contributed by atoms with Crippen LogP contribution in [0, 0.1) is 0 Å². The number of hydrogen-bond donors (Lipinski definition) is 1. The molecule has 0 aromatic heterocycles. The van der Waals surface area contributed by atoms with Gasteiger partial charge in [0, 0.05) is 7.11 Å². The van der Waals surface area contributed by atoms with Crippen molar-refractivity contribution in [3.05, 3.63) is 0 Å². The lowest BCUT2D eigenvalue weighted by atomic mass is 9.97. The molecule has 3 heteroatoms. The summed E-state index contributed by atoms with van der Waals surface area (Å²) in [5.41, 5.74) is -0.148.